The Kier molecular flexibility index (Phi) is 2.91. The molecule has 0 saturated carbocycles. The first-order valence-corrected chi connectivity index (χ1v) is 6.50. The number of aliphatic hydroxyl groups is 1. The van der Waals surface area contributed by atoms with E-state index in [0.29, 0.717) is 16.7 Å². The molecule has 114 valence electrons. The Labute approximate surface area is 125 Å². The minimum Gasteiger partial charge on any atom is -0.507 e. The lowest BCUT2D eigenvalue weighted by molar-refractivity contribution is 0.0947. The second kappa shape index (κ2) is 4.56. The van der Waals surface area contributed by atoms with Crippen LogP contribution in [0, 0.1) is 6.92 Å². The average Bonchev–Trinajstić information content (AvgIpc) is 2.45. The van der Waals surface area contributed by atoms with Crippen molar-refractivity contribution in [3.05, 3.63) is 34.6 Å². The number of aliphatic hydroxyl groups excluding tert-OH is 1. The van der Waals surface area contributed by atoms with Gasteiger partial charge in [0.15, 0.2) is 5.76 Å². The van der Waals surface area contributed by atoms with Crippen molar-refractivity contribution < 1.29 is 29.6 Å². The molecule has 6 heteroatoms. The fourth-order valence-corrected chi connectivity index (χ4v) is 2.92. The van der Waals surface area contributed by atoms with E-state index in [9.17, 15) is 20.1 Å². The second-order valence-electron chi connectivity index (χ2n) is 5.02. The summed E-state index contributed by atoms with van der Waals surface area (Å²) in [6.45, 7) is 1.74. The van der Waals surface area contributed by atoms with Crippen LogP contribution < -0.4 is 4.74 Å². The smallest absolute Gasteiger partial charge is 0.235 e. The van der Waals surface area contributed by atoms with Crippen LogP contribution in [-0.2, 0) is 4.74 Å². The van der Waals surface area contributed by atoms with Gasteiger partial charge in [-0.15, -0.1) is 0 Å². The molecule has 0 heterocycles. The second-order valence-corrected chi connectivity index (χ2v) is 5.02. The molecular formula is C16H14O6. The molecule has 0 fully saturated rings. The Balaban J connectivity index is 2.64. The van der Waals surface area contributed by atoms with Crippen LogP contribution in [-0.4, -0.2) is 35.3 Å². The summed E-state index contributed by atoms with van der Waals surface area (Å²) < 4.78 is 10.2. The molecule has 2 aromatic rings. The quantitative estimate of drug-likeness (QED) is 0.789. The van der Waals surface area contributed by atoms with Gasteiger partial charge in [-0.25, -0.2) is 0 Å². The van der Waals surface area contributed by atoms with E-state index in [1.807, 2.05) is 0 Å². The molecule has 3 N–H and O–H groups in total. The molecule has 0 aliphatic heterocycles. The number of carbonyl (C=O) groups excluding carboxylic acids is 1. The van der Waals surface area contributed by atoms with Crippen molar-refractivity contribution in [3.63, 3.8) is 0 Å². The molecule has 0 bridgehead atoms. The Morgan fingerprint density at radius 1 is 0.909 bits per heavy atom. The van der Waals surface area contributed by atoms with Gasteiger partial charge in [-0.1, -0.05) is 0 Å². The number of allylic oxidation sites excluding steroid dienone is 1. The summed E-state index contributed by atoms with van der Waals surface area (Å²) in [5, 5.41) is 31.4. The molecule has 0 radical (unpaired) electrons. The zero-order valence-electron chi connectivity index (χ0n) is 12.2. The molecule has 3 rings (SSSR count). The van der Waals surface area contributed by atoms with Crippen molar-refractivity contribution in [1.82, 2.24) is 0 Å². The summed E-state index contributed by atoms with van der Waals surface area (Å²) >= 11 is 0. The fourth-order valence-electron chi connectivity index (χ4n) is 2.92. The van der Waals surface area contributed by atoms with Gasteiger partial charge in [-0.3, -0.25) is 4.79 Å². The van der Waals surface area contributed by atoms with Gasteiger partial charge in [0.1, 0.15) is 17.2 Å². The molecule has 1 aliphatic carbocycles. The summed E-state index contributed by atoms with van der Waals surface area (Å²) in [4.78, 5) is 12.5. The highest BCUT2D eigenvalue weighted by Gasteiger charge is 2.35. The van der Waals surface area contributed by atoms with E-state index < -0.39 is 11.5 Å². The van der Waals surface area contributed by atoms with Crippen LogP contribution in [0.15, 0.2) is 17.9 Å². The van der Waals surface area contributed by atoms with Crippen LogP contribution in [0.1, 0.15) is 21.5 Å². The first-order chi connectivity index (χ1) is 10.4. The Hall–Kier alpha value is -2.89. The largest absolute Gasteiger partial charge is 0.507 e. The maximum atomic E-state index is 12.5. The van der Waals surface area contributed by atoms with Crippen molar-refractivity contribution in [2.24, 2.45) is 0 Å². The predicted octanol–water partition coefficient (Wildman–Crippen LogP) is 2.64. The lowest BCUT2D eigenvalue weighted by Gasteiger charge is -2.22. The first-order valence-electron chi connectivity index (χ1n) is 6.50. The SMILES string of the molecule is COC1=C(O)c2c(O)cc(OC)c3c(C)cc(O)c(c23)C1=O. The van der Waals surface area contributed by atoms with Crippen molar-refractivity contribution in [2.45, 2.75) is 6.92 Å². The standard InChI is InChI=1S/C16H14O6/c1-6-4-7(17)11-13-10(6)9(21-2)5-8(18)12(13)15(20)16(22-3)14(11)19/h4-5,17-18,20H,1-3H3. The summed E-state index contributed by atoms with van der Waals surface area (Å²) in [5.41, 5.74) is 0.663. The van der Waals surface area contributed by atoms with Gasteiger partial charge in [0.25, 0.3) is 0 Å². The zero-order chi connectivity index (χ0) is 16.2. The van der Waals surface area contributed by atoms with Crippen molar-refractivity contribution in [1.29, 1.82) is 0 Å². The van der Waals surface area contributed by atoms with E-state index in [1.165, 1.54) is 26.4 Å². The minimum atomic E-state index is -0.650. The number of ketones is 1. The predicted molar refractivity (Wildman–Crippen MR) is 79.5 cm³/mol. The average molecular weight is 302 g/mol. The Morgan fingerprint density at radius 2 is 1.55 bits per heavy atom. The van der Waals surface area contributed by atoms with Crippen LogP contribution in [0.3, 0.4) is 0 Å². The summed E-state index contributed by atoms with van der Waals surface area (Å²) in [6, 6.07) is 2.79. The molecule has 0 atom stereocenters. The zero-order valence-corrected chi connectivity index (χ0v) is 12.2. The van der Waals surface area contributed by atoms with Gasteiger partial charge in [-0.2, -0.15) is 0 Å². The number of methoxy groups -OCH3 is 2. The summed E-state index contributed by atoms with van der Waals surface area (Å²) in [6.07, 6.45) is 0. The number of hydrogen-bond acceptors (Lipinski definition) is 6. The van der Waals surface area contributed by atoms with E-state index >= 15 is 0 Å². The highest BCUT2D eigenvalue weighted by Crippen LogP contribution is 2.47. The van der Waals surface area contributed by atoms with Gasteiger partial charge < -0.3 is 24.8 Å². The van der Waals surface area contributed by atoms with Crippen LogP contribution in [0.4, 0.5) is 0 Å². The number of Topliss-reactive ketones (excluding diaryl/α,β-unsaturated/α-hetero) is 1. The number of hydrogen-bond donors (Lipinski definition) is 3. The van der Waals surface area contributed by atoms with Crippen molar-refractivity contribution in [3.8, 4) is 17.2 Å². The number of phenols is 2. The van der Waals surface area contributed by atoms with E-state index in [2.05, 4.69) is 0 Å². The number of rotatable bonds is 2. The molecule has 6 nitrogen and oxygen atoms in total. The van der Waals surface area contributed by atoms with Gasteiger partial charge in [0.2, 0.25) is 11.5 Å². The molecular weight excluding hydrogens is 288 g/mol. The van der Waals surface area contributed by atoms with Gasteiger partial charge in [0, 0.05) is 16.8 Å². The molecule has 0 saturated heterocycles. The highest BCUT2D eigenvalue weighted by atomic mass is 16.5. The van der Waals surface area contributed by atoms with Crippen molar-refractivity contribution >= 4 is 22.3 Å². The molecule has 0 unspecified atom stereocenters. The maximum absolute atomic E-state index is 12.5. The molecule has 0 amide bonds. The van der Waals surface area contributed by atoms with Crippen LogP contribution in [0.25, 0.3) is 16.5 Å². The topological polar surface area (TPSA) is 96.2 Å². The Morgan fingerprint density at radius 3 is 2.14 bits per heavy atom. The number of benzene rings is 2. The highest BCUT2D eigenvalue weighted by molar-refractivity contribution is 6.26. The van der Waals surface area contributed by atoms with Gasteiger partial charge in [0.05, 0.1) is 25.3 Å². The molecule has 0 spiro atoms. The van der Waals surface area contributed by atoms with Crippen molar-refractivity contribution in [2.75, 3.05) is 14.2 Å². The Bertz CT molecular complexity index is 863. The third-order valence-electron chi connectivity index (χ3n) is 3.83. The normalized spacial score (nSPS) is 13.7. The number of aryl methyl sites for hydroxylation is 1. The number of phenolic OH excluding ortho intramolecular Hbond substituents is 2. The lowest BCUT2D eigenvalue weighted by Crippen LogP contribution is -2.15. The molecule has 22 heavy (non-hydrogen) atoms. The van der Waals surface area contributed by atoms with E-state index in [4.69, 9.17) is 9.47 Å². The molecule has 0 aromatic heterocycles. The summed E-state index contributed by atoms with van der Waals surface area (Å²) in [5.74, 6) is -1.61. The van der Waals surface area contributed by atoms with Crippen LogP contribution >= 0.6 is 0 Å². The summed E-state index contributed by atoms with van der Waals surface area (Å²) in [7, 11) is 2.67. The number of ether oxygens (including phenoxy) is 2. The monoisotopic (exact) mass is 302 g/mol. The van der Waals surface area contributed by atoms with Gasteiger partial charge in [-0.05, 0) is 18.6 Å². The molecule has 2 aromatic carbocycles. The first kappa shape index (κ1) is 14.1. The van der Waals surface area contributed by atoms with Crippen LogP contribution in [0.5, 0.6) is 17.2 Å². The maximum Gasteiger partial charge on any atom is 0.235 e. The van der Waals surface area contributed by atoms with E-state index in [1.54, 1.807) is 6.92 Å². The number of carbonyl (C=O) groups is 1. The third kappa shape index (κ3) is 1.57. The number of aromatic hydroxyl groups is 2. The molecule has 1 aliphatic rings. The lowest BCUT2D eigenvalue weighted by atomic mass is 9.86. The van der Waals surface area contributed by atoms with Crippen LogP contribution in [0.2, 0.25) is 0 Å². The fraction of sp³-hybridized carbons (Fsp3) is 0.188. The van der Waals surface area contributed by atoms with E-state index in [0.717, 1.165) is 0 Å². The minimum absolute atomic E-state index is 0.0283. The third-order valence-corrected chi connectivity index (χ3v) is 3.83. The van der Waals surface area contributed by atoms with E-state index in [-0.39, 0.29) is 33.8 Å². The van der Waals surface area contributed by atoms with Gasteiger partial charge >= 0.3 is 0 Å².